The Kier molecular flexibility index (Phi) is 12.6. The molecule has 2 saturated carbocycles. The maximum Gasteiger partial charge on any atom is 0.427 e. The molecule has 3 fully saturated rings. The van der Waals surface area contributed by atoms with E-state index in [1.54, 1.807) is 37.3 Å². The van der Waals surface area contributed by atoms with E-state index >= 15 is 0 Å². The van der Waals surface area contributed by atoms with Gasteiger partial charge in [-0.05, 0) is 109 Å². The van der Waals surface area contributed by atoms with Crippen molar-refractivity contribution in [3.63, 3.8) is 0 Å². The third kappa shape index (κ3) is 9.81. The molecule has 2 aromatic rings. The highest BCUT2D eigenvalue weighted by molar-refractivity contribution is 7.91. The molecule has 7 atom stereocenters. The highest BCUT2D eigenvalue weighted by Gasteiger charge is 2.63. The first-order valence-electron chi connectivity index (χ1n) is 20.6. The SMILES string of the molecule is COc1ccc2c(O[C@@H]3C[C@H]4C(=O)N[C@]5(C(=O)NS(=O)(=O)C6(C)CC6)CC5/C=C\CC[C@H](C)C[C@@H](C)[C@H](NC(=O)OC(C)(C)C(F)(F)F)C(=O)N4C3)nc(OC(C)C)cc2c1. The van der Waals surface area contributed by atoms with Gasteiger partial charge < -0.3 is 34.5 Å². The molecule has 4 amide bonds. The van der Waals surface area contributed by atoms with Crippen molar-refractivity contribution in [3.05, 3.63) is 36.4 Å². The lowest BCUT2D eigenvalue weighted by Crippen LogP contribution is -2.59. The van der Waals surface area contributed by atoms with Crippen LogP contribution in [0.5, 0.6) is 17.5 Å². The summed E-state index contributed by atoms with van der Waals surface area (Å²) in [5, 5.41) is 6.41. The Bertz CT molecular complexity index is 2180. The first-order chi connectivity index (χ1) is 28.4. The van der Waals surface area contributed by atoms with Crippen molar-refractivity contribution >= 4 is 44.6 Å². The van der Waals surface area contributed by atoms with Gasteiger partial charge in [0.15, 0.2) is 0 Å². The Morgan fingerprint density at radius 3 is 2.43 bits per heavy atom. The highest BCUT2D eigenvalue weighted by Crippen LogP contribution is 2.48. The fourth-order valence-electron chi connectivity index (χ4n) is 7.90. The second-order valence-corrected chi connectivity index (χ2v) is 20.2. The largest absolute Gasteiger partial charge is 0.497 e. The number of sulfonamides is 1. The molecule has 0 spiro atoms. The Morgan fingerprint density at radius 1 is 1.08 bits per heavy atom. The van der Waals surface area contributed by atoms with Crippen molar-refractivity contribution in [2.75, 3.05) is 13.7 Å². The molecule has 0 radical (unpaired) electrons. The maximum absolute atomic E-state index is 14.9. The summed E-state index contributed by atoms with van der Waals surface area (Å²) in [4.78, 5) is 62.5. The average Bonchev–Trinajstić information content (AvgIpc) is 4.04. The number of pyridine rings is 1. The maximum atomic E-state index is 14.9. The molecule has 61 heavy (non-hydrogen) atoms. The van der Waals surface area contributed by atoms with Crippen LogP contribution in [0, 0.1) is 17.8 Å². The second-order valence-electron chi connectivity index (χ2n) is 18.0. The zero-order chi connectivity index (χ0) is 44.9. The summed E-state index contributed by atoms with van der Waals surface area (Å²) >= 11 is 0. The number of carbonyl (C=O) groups excluding carboxylic acids is 4. The van der Waals surface area contributed by atoms with E-state index in [9.17, 15) is 40.8 Å². The molecule has 19 heteroatoms. The van der Waals surface area contributed by atoms with E-state index in [0.717, 1.165) is 0 Å². The first-order valence-corrected chi connectivity index (χ1v) is 22.1. The highest BCUT2D eigenvalue weighted by atomic mass is 32.2. The number of allylic oxidation sites excluding steroid dienone is 1. The molecular weight excluding hydrogens is 824 g/mol. The van der Waals surface area contributed by atoms with E-state index in [4.69, 9.17) is 18.9 Å². The summed E-state index contributed by atoms with van der Waals surface area (Å²) in [7, 11) is -2.57. The number of alkyl carbamates (subject to hydrolysis) is 1. The van der Waals surface area contributed by atoms with Gasteiger partial charge in [-0.1, -0.05) is 26.0 Å². The molecule has 0 bridgehead atoms. The summed E-state index contributed by atoms with van der Waals surface area (Å²) in [5.41, 5.74) is -4.56. The third-order valence-electron chi connectivity index (χ3n) is 12.2. The zero-order valence-electron chi connectivity index (χ0n) is 35.7. The molecule has 1 unspecified atom stereocenters. The molecule has 4 aliphatic rings. The number of benzene rings is 1. The molecule has 1 saturated heterocycles. The van der Waals surface area contributed by atoms with E-state index in [1.165, 1.54) is 18.9 Å². The van der Waals surface area contributed by atoms with Crippen LogP contribution in [0.2, 0.25) is 0 Å². The second kappa shape index (κ2) is 16.8. The number of fused-ring (bicyclic) bond motifs is 3. The number of nitrogens with one attached hydrogen (secondary N) is 3. The van der Waals surface area contributed by atoms with Crippen LogP contribution in [0.3, 0.4) is 0 Å². The Hall–Kier alpha value is -4.81. The van der Waals surface area contributed by atoms with E-state index in [1.807, 2.05) is 26.8 Å². The molecule has 1 aromatic heterocycles. The van der Waals surface area contributed by atoms with E-state index in [-0.39, 0.29) is 43.2 Å². The number of ether oxygens (including phenoxy) is 4. The standard InChI is InChI=1S/C42H56F3N5O10S/c1-23(2)58-32-19-26-18-28(57-8)13-14-30(26)35(46-32)59-29-20-31-34(51)48-41(37(53)49-61(55,56)40(7)15-16-40)21-27(41)12-10-9-11-24(3)17-25(4)33(36(52)50(31)22-29)47-38(54)60-39(5,6)42(43,44)45/h10,12-14,18-19,23-25,27,29,31,33H,9,11,15-17,20-22H2,1-8H3,(H,47,54)(H,48,51)(H,49,53)/b12-10-/t24-,25+,27?,29+,31-,33-,41+/m0/s1. The minimum atomic E-state index is -4.92. The summed E-state index contributed by atoms with van der Waals surface area (Å²) < 4.78 is 91.6. The number of alkyl halides is 3. The molecule has 6 rings (SSSR count). The molecule has 2 aliphatic heterocycles. The number of hydrogen-bond acceptors (Lipinski definition) is 11. The van der Waals surface area contributed by atoms with Crippen LogP contribution in [-0.2, 0) is 29.1 Å². The molecule has 1 aromatic carbocycles. The van der Waals surface area contributed by atoms with Gasteiger partial charge in [-0.25, -0.2) is 13.2 Å². The molecule has 15 nitrogen and oxygen atoms in total. The number of hydrogen-bond donors (Lipinski definition) is 3. The van der Waals surface area contributed by atoms with Gasteiger partial charge in [0.25, 0.3) is 5.91 Å². The summed E-state index contributed by atoms with van der Waals surface area (Å²) in [5.74, 6) is -2.86. The number of aromatic nitrogens is 1. The van der Waals surface area contributed by atoms with Gasteiger partial charge in [0, 0.05) is 23.8 Å². The van der Waals surface area contributed by atoms with Gasteiger partial charge in [0.1, 0.15) is 29.5 Å². The van der Waals surface area contributed by atoms with Gasteiger partial charge in [-0.3, -0.25) is 19.1 Å². The van der Waals surface area contributed by atoms with Crippen molar-refractivity contribution in [2.24, 2.45) is 17.8 Å². The minimum absolute atomic E-state index is 0.0512. The fraction of sp³-hybridized carbons (Fsp3) is 0.643. The number of rotatable bonds is 10. The van der Waals surface area contributed by atoms with Crippen molar-refractivity contribution in [1.29, 1.82) is 0 Å². The van der Waals surface area contributed by atoms with Crippen LogP contribution in [0.4, 0.5) is 18.0 Å². The van der Waals surface area contributed by atoms with Crippen molar-refractivity contribution in [3.8, 4) is 17.5 Å². The predicted octanol–water partition coefficient (Wildman–Crippen LogP) is 5.70. The number of halogens is 3. The topological polar surface area (TPSA) is 192 Å². The molecule has 336 valence electrons. The molecule has 3 N–H and O–H groups in total. The van der Waals surface area contributed by atoms with Gasteiger partial charge >= 0.3 is 12.3 Å². The number of methoxy groups -OCH3 is 1. The number of amides is 4. The lowest BCUT2D eigenvalue weighted by atomic mass is 9.88. The van der Waals surface area contributed by atoms with E-state index < -0.39 is 85.9 Å². The third-order valence-corrected chi connectivity index (χ3v) is 14.3. The van der Waals surface area contributed by atoms with Gasteiger partial charge in [0.05, 0.1) is 24.5 Å². The van der Waals surface area contributed by atoms with Crippen molar-refractivity contribution in [2.45, 2.75) is 140 Å². The van der Waals surface area contributed by atoms with Gasteiger partial charge in [-0.15, -0.1) is 0 Å². The average molecular weight is 880 g/mol. The number of nitrogens with zero attached hydrogens (tertiary/aromatic N) is 2. The smallest absolute Gasteiger partial charge is 0.427 e. The summed E-state index contributed by atoms with van der Waals surface area (Å²) in [6.45, 7) is 9.94. The van der Waals surface area contributed by atoms with E-state index in [0.29, 0.717) is 62.5 Å². The molecule has 2 aliphatic carbocycles. The Balaban J connectivity index is 1.38. The van der Waals surface area contributed by atoms with Crippen LogP contribution >= 0.6 is 0 Å². The number of carbonyl (C=O) groups is 4. The minimum Gasteiger partial charge on any atom is -0.497 e. The zero-order valence-corrected chi connectivity index (χ0v) is 36.5. The fourth-order valence-corrected chi connectivity index (χ4v) is 9.21. The lowest BCUT2D eigenvalue weighted by Gasteiger charge is -2.34. The molecule has 3 heterocycles. The summed E-state index contributed by atoms with van der Waals surface area (Å²) in [6.07, 6.45) is -1.77. The lowest BCUT2D eigenvalue weighted by molar-refractivity contribution is -0.244. The van der Waals surface area contributed by atoms with Crippen LogP contribution in [0.1, 0.15) is 93.4 Å². The van der Waals surface area contributed by atoms with Gasteiger partial charge in [-0.2, -0.15) is 18.2 Å². The quantitative estimate of drug-likeness (QED) is 0.248. The van der Waals surface area contributed by atoms with Crippen molar-refractivity contribution < 1.29 is 59.7 Å². The van der Waals surface area contributed by atoms with Crippen LogP contribution < -0.4 is 29.6 Å². The van der Waals surface area contributed by atoms with Crippen molar-refractivity contribution in [1.82, 2.24) is 25.2 Å². The van der Waals surface area contributed by atoms with Crippen LogP contribution in [0.15, 0.2) is 36.4 Å². The molecular formula is C42H56F3N5O10S. The Morgan fingerprint density at radius 2 is 1.79 bits per heavy atom. The first kappa shape index (κ1) is 45.7. The normalized spacial score (nSPS) is 28.6. The Labute approximate surface area is 353 Å². The van der Waals surface area contributed by atoms with Gasteiger partial charge in [0.2, 0.25) is 39.2 Å². The van der Waals surface area contributed by atoms with E-state index in [2.05, 4.69) is 20.3 Å². The van der Waals surface area contributed by atoms with Crippen LogP contribution in [-0.4, -0.2) is 102 Å². The predicted molar refractivity (Wildman–Crippen MR) is 217 cm³/mol. The monoisotopic (exact) mass is 879 g/mol. The van der Waals surface area contributed by atoms with Crippen LogP contribution in [0.25, 0.3) is 10.8 Å². The summed E-state index contributed by atoms with van der Waals surface area (Å²) in [6, 6.07) is 4.11.